The third-order valence-electron chi connectivity index (χ3n) is 4.62. The molecule has 23 heavy (non-hydrogen) atoms. The van der Waals surface area contributed by atoms with Crippen molar-refractivity contribution < 1.29 is 9.53 Å². The van der Waals surface area contributed by atoms with Crippen molar-refractivity contribution >= 4 is 24.0 Å². The lowest BCUT2D eigenvalue weighted by Crippen LogP contribution is -2.42. The van der Waals surface area contributed by atoms with Gasteiger partial charge < -0.3 is 15.8 Å². The summed E-state index contributed by atoms with van der Waals surface area (Å²) in [6.07, 6.45) is 1.04. The van der Waals surface area contributed by atoms with Crippen LogP contribution >= 0.6 is 12.4 Å². The molecule has 0 radical (unpaired) electrons. The Kier molecular flexibility index (Phi) is 6.86. The second kappa shape index (κ2) is 7.99. The van der Waals surface area contributed by atoms with Crippen LogP contribution in [-0.2, 0) is 4.79 Å². The number of anilines is 1. The van der Waals surface area contributed by atoms with Crippen LogP contribution in [0.3, 0.4) is 0 Å². The van der Waals surface area contributed by atoms with Crippen molar-refractivity contribution in [2.24, 2.45) is 11.1 Å². The third-order valence-corrected chi connectivity index (χ3v) is 4.62. The number of ether oxygens (including phenoxy) is 1. The van der Waals surface area contributed by atoms with Crippen LogP contribution in [0.1, 0.15) is 25.8 Å². The molecule has 1 aromatic rings. The largest absolute Gasteiger partial charge is 0.495 e. The van der Waals surface area contributed by atoms with E-state index in [-0.39, 0.29) is 29.8 Å². The van der Waals surface area contributed by atoms with Gasteiger partial charge in [-0.25, -0.2) is 0 Å². The summed E-state index contributed by atoms with van der Waals surface area (Å²) >= 11 is 0. The number of hydrogen-bond acceptors (Lipinski definition) is 4. The van der Waals surface area contributed by atoms with E-state index >= 15 is 0 Å². The first-order chi connectivity index (χ1) is 10.4. The zero-order chi connectivity index (χ0) is 16.3. The van der Waals surface area contributed by atoms with Gasteiger partial charge in [0.25, 0.3) is 0 Å². The zero-order valence-electron chi connectivity index (χ0n) is 14.4. The summed E-state index contributed by atoms with van der Waals surface area (Å²) in [5.74, 6) is 0.671. The predicted octanol–water partition coefficient (Wildman–Crippen LogP) is 2.42. The van der Waals surface area contributed by atoms with Gasteiger partial charge in [-0.05, 0) is 56.5 Å². The number of nitrogens with two attached hydrogens (primary N) is 1. The van der Waals surface area contributed by atoms with E-state index in [1.807, 2.05) is 32.0 Å². The number of hydrogen-bond donors (Lipinski definition) is 2. The highest BCUT2D eigenvalue weighted by Gasteiger charge is 2.36. The summed E-state index contributed by atoms with van der Waals surface area (Å²) in [4.78, 5) is 14.7. The molecule has 5 nitrogen and oxygen atoms in total. The number of nitrogens with one attached hydrogen (secondary N) is 1. The van der Waals surface area contributed by atoms with Crippen LogP contribution in [-0.4, -0.2) is 43.6 Å². The Morgan fingerprint density at radius 3 is 2.78 bits per heavy atom. The molecule has 1 aliphatic rings. The minimum atomic E-state index is -0.182. The van der Waals surface area contributed by atoms with Gasteiger partial charge in [-0.2, -0.15) is 0 Å². The first-order valence-corrected chi connectivity index (χ1v) is 7.78. The molecule has 0 aliphatic carbocycles. The molecule has 2 unspecified atom stereocenters. The second-order valence-electron chi connectivity index (χ2n) is 6.60. The molecule has 1 fully saturated rings. The van der Waals surface area contributed by atoms with Crippen LogP contribution in [0.15, 0.2) is 18.2 Å². The molecule has 0 saturated carbocycles. The highest BCUT2D eigenvalue weighted by molar-refractivity contribution is 5.96. The van der Waals surface area contributed by atoms with Gasteiger partial charge in [0, 0.05) is 6.54 Å². The summed E-state index contributed by atoms with van der Waals surface area (Å²) in [5, 5.41) is 2.99. The van der Waals surface area contributed by atoms with Gasteiger partial charge in [0.1, 0.15) is 5.75 Å². The number of halogens is 1. The van der Waals surface area contributed by atoms with E-state index < -0.39 is 0 Å². The Balaban J connectivity index is 0.00000264. The zero-order valence-corrected chi connectivity index (χ0v) is 15.2. The fourth-order valence-electron chi connectivity index (χ4n) is 2.88. The Morgan fingerprint density at radius 1 is 1.52 bits per heavy atom. The topological polar surface area (TPSA) is 67.6 Å². The molecule has 0 bridgehead atoms. The molecule has 1 aromatic carbocycles. The molecule has 1 heterocycles. The van der Waals surface area contributed by atoms with Crippen molar-refractivity contribution in [1.82, 2.24) is 4.90 Å². The highest BCUT2D eigenvalue weighted by Crippen LogP contribution is 2.30. The Bertz CT molecular complexity index is 553. The number of carbonyl (C=O) groups is 1. The molecule has 0 spiro atoms. The lowest BCUT2D eigenvalue weighted by molar-refractivity contribution is -0.120. The van der Waals surface area contributed by atoms with Crippen LogP contribution in [0.2, 0.25) is 0 Å². The van der Waals surface area contributed by atoms with Crippen LogP contribution in [0.25, 0.3) is 0 Å². The van der Waals surface area contributed by atoms with Gasteiger partial charge >= 0.3 is 0 Å². The SMILES string of the molecule is COc1ccc(C)cc1NC(=O)C(C)N1CCC(C)(CN)C1.Cl. The minimum Gasteiger partial charge on any atom is -0.495 e. The summed E-state index contributed by atoms with van der Waals surface area (Å²) in [7, 11) is 1.61. The van der Waals surface area contributed by atoms with Gasteiger partial charge in [0.2, 0.25) is 5.91 Å². The molecule has 1 saturated heterocycles. The summed E-state index contributed by atoms with van der Waals surface area (Å²) in [5.41, 5.74) is 7.77. The number of methoxy groups -OCH3 is 1. The molecule has 3 N–H and O–H groups in total. The van der Waals surface area contributed by atoms with Gasteiger partial charge in [0.05, 0.1) is 18.8 Å². The van der Waals surface area contributed by atoms with Gasteiger partial charge in [-0.1, -0.05) is 13.0 Å². The molecule has 6 heteroatoms. The smallest absolute Gasteiger partial charge is 0.241 e. The molecular formula is C17H28ClN3O2. The van der Waals surface area contributed by atoms with Crippen molar-refractivity contribution in [3.63, 3.8) is 0 Å². The van der Waals surface area contributed by atoms with Crippen LogP contribution < -0.4 is 15.8 Å². The summed E-state index contributed by atoms with van der Waals surface area (Å²) in [6.45, 7) is 8.55. The van der Waals surface area contributed by atoms with Crippen molar-refractivity contribution in [2.75, 3.05) is 32.1 Å². The maximum atomic E-state index is 12.5. The monoisotopic (exact) mass is 341 g/mol. The minimum absolute atomic E-state index is 0. The maximum Gasteiger partial charge on any atom is 0.241 e. The van der Waals surface area contributed by atoms with Gasteiger partial charge in [-0.3, -0.25) is 9.69 Å². The quantitative estimate of drug-likeness (QED) is 0.863. The average Bonchev–Trinajstić information content (AvgIpc) is 2.90. The number of rotatable bonds is 5. The first-order valence-electron chi connectivity index (χ1n) is 7.78. The first kappa shape index (κ1) is 19.7. The highest BCUT2D eigenvalue weighted by atomic mass is 35.5. The molecule has 2 atom stereocenters. The molecule has 1 amide bonds. The summed E-state index contributed by atoms with van der Waals surface area (Å²) in [6, 6.07) is 5.58. The lowest BCUT2D eigenvalue weighted by Gasteiger charge is -2.26. The van der Waals surface area contributed by atoms with Crippen LogP contribution in [0.5, 0.6) is 5.75 Å². The van der Waals surface area contributed by atoms with Crippen molar-refractivity contribution in [2.45, 2.75) is 33.2 Å². The van der Waals surface area contributed by atoms with Gasteiger partial charge in [-0.15, -0.1) is 12.4 Å². The number of benzene rings is 1. The fraction of sp³-hybridized carbons (Fsp3) is 0.588. The Labute approximate surface area is 145 Å². The van der Waals surface area contributed by atoms with E-state index in [4.69, 9.17) is 10.5 Å². The number of likely N-dealkylation sites (tertiary alicyclic amines) is 1. The van der Waals surface area contributed by atoms with Crippen molar-refractivity contribution in [1.29, 1.82) is 0 Å². The van der Waals surface area contributed by atoms with Crippen molar-refractivity contribution in [3.05, 3.63) is 23.8 Å². The molecule has 2 rings (SSSR count). The normalized spacial score (nSPS) is 22.3. The molecule has 0 aromatic heterocycles. The second-order valence-corrected chi connectivity index (χ2v) is 6.60. The van der Waals surface area contributed by atoms with E-state index in [2.05, 4.69) is 17.1 Å². The van der Waals surface area contributed by atoms with Gasteiger partial charge in [0.15, 0.2) is 0 Å². The van der Waals surface area contributed by atoms with Crippen LogP contribution in [0.4, 0.5) is 5.69 Å². The number of carbonyl (C=O) groups excluding carboxylic acids is 1. The molecule has 1 aliphatic heterocycles. The maximum absolute atomic E-state index is 12.5. The van der Waals surface area contributed by atoms with E-state index in [0.717, 1.165) is 30.8 Å². The number of nitrogens with zero attached hydrogens (tertiary/aromatic N) is 1. The number of aryl methyl sites for hydroxylation is 1. The fourth-order valence-corrected chi connectivity index (χ4v) is 2.88. The van der Waals surface area contributed by atoms with E-state index in [1.165, 1.54) is 0 Å². The lowest BCUT2D eigenvalue weighted by atomic mass is 9.90. The van der Waals surface area contributed by atoms with E-state index in [0.29, 0.717) is 12.3 Å². The predicted molar refractivity (Wildman–Crippen MR) is 96.4 cm³/mol. The Hall–Kier alpha value is -1.30. The van der Waals surface area contributed by atoms with Crippen LogP contribution in [0, 0.1) is 12.3 Å². The standard InChI is InChI=1S/C17H27N3O2.ClH/c1-12-5-6-15(22-4)14(9-12)19-16(21)13(2)20-8-7-17(3,10-18)11-20;/h5-6,9,13H,7-8,10-11,18H2,1-4H3,(H,19,21);1H. The third kappa shape index (κ3) is 4.59. The van der Waals surface area contributed by atoms with E-state index in [1.54, 1.807) is 7.11 Å². The average molecular weight is 342 g/mol. The van der Waals surface area contributed by atoms with Crippen molar-refractivity contribution in [3.8, 4) is 5.75 Å². The summed E-state index contributed by atoms with van der Waals surface area (Å²) < 4.78 is 5.31. The van der Waals surface area contributed by atoms with E-state index in [9.17, 15) is 4.79 Å². The number of amides is 1. The molecular weight excluding hydrogens is 314 g/mol. The Morgan fingerprint density at radius 2 is 2.22 bits per heavy atom. The molecule has 130 valence electrons.